The maximum absolute atomic E-state index is 11.5. The first-order chi connectivity index (χ1) is 7.43. The normalized spacial score (nSPS) is 11.7. The molecule has 3 nitrogen and oxygen atoms in total. The Morgan fingerprint density at radius 3 is 2.25 bits per heavy atom. The third kappa shape index (κ3) is 4.70. The van der Waals surface area contributed by atoms with E-state index < -0.39 is 10.1 Å². The van der Waals surface area contributed by atoms with Crippen molar-refractivity contribution in [2.45, 2.75) is 19.1 Å². The highest BCUT2D eigenvalue weighted by Gasteiger charge is 2.12. The predicted octanol–water partition coefficient (Wildman–Crippen LogP) is 3.25. The van der Waals surface area contributed by atoms with Gasteiger partial charge in [0, 0.05) is 10.0 Å². The highest BCUT2D eigenvalue weighted by atomic mass is 35.5. The third-order valence-electron chi connectivity index (χ3n) is 1.73. The SMILES string of the molecule is CCCOS(=O)(=O)Cc1cc(Cl)cc(Cl)c1. The molecule has 0 saturated heterocycles. The Labute approximate surface area is 105 Å². The van der Waals surface area contributed by atoms with Gasteiger partial charge in [0.1, 0.15) is 5.75 Å². The molecule has 1 aromatic carbocycles. The van der Waals surface area contributed by atoms with Gasteiger partial charge in [0.2, 0.25) is 0 Å². The Bertz CT molecular complexity index is 437. The van der Waals surface area contributed by atoms with Crippen LogP contribution in [-0.2, 0) is 20.1 Å². The summed E-state index contributed by atoms with van der Waals surface area (Å²) in [6.45, 7) is 2.03. The molecule has 0 N–H and O–H groups in total. The van der Waals surface area contributed by atoms with E-state index in [0.29, 0.717) is 22.0 Å². The molecular formula is C10H12Cl2O3S. The topological polar surface area (TPSA) is 43.4 Å². The van der Waals surface area contributed by atoms with E-state index in [1.165, 1.54) is 0 Å². The molecule has 0 bridgehead atoms. The van der Waals surface area contributed by atoms with E-state index in [2.05, 4.69) is 0 Å². The molecule has 90 valence electrons. The zero-order chi connectivity index (χ0) is 12.2. The van der Waals surface area contributed by atoms with Crippen LogP contribution in [0.3, 0.4) is 0 Å². The zero-order valence-electron chi connectivity index (χ0n) is 8.74. The molecule has 0 amide bonds. The van der Waals surface area contributed by atoms with E-state index >= 15 is 0 Å². The predicted molar refractivity (Wildman–Crippen MR) is 65.3 cm³/mol. The summed E-state index contributed by atoms with van der Waals surface area (Å²) in [5.74, 6) is -0.215. The van der Waals surface area contributed by atoms with Gasteiger partial charge in [-0.2, -0.15) is 8.42 Å². The second-order valence-corrected chi connectivity index (χ2v) is 5.81. The van der Waals surface area contributed by atoms with Crippen LogP contribution in [-0.4, -0.2) is 15.0 Å². The minimum atomic E-state index is -3.55. The van der Waals surface area contributed by atoms with Crippen LogP contribution in [0.2, 0.25) is 10.0 Å². The molecule has 0 atom stereocenters. The molecule has 1 aromatic rings. The summed E-state index contributed by atoms with van der Waals surface area (Å²) in [7, 11) is -3.55. The molecule has 0 aromatic heterocycles. The minimum Gasteiger partial charge on any atom is -0.270 e. The fourth-order valence-electron chi connectivity index (χ4n) is 1.15. The standard InChI is InChI=1S/C10H12Cl2O3S/c1-2-3-15-16(13,14)7-8-4-9(11)6-10(12)5-8/h4-6H,2-3,7H2,1H3. The highest BCUT2D eigenvalue weighted by molar-refractivity contribution is 7.85. The molecule has 0 aliphatic rings. The van der Waals surface area contributed by atoms with Crippen LogP contribution in [0.25, 0.3) is 0 Å². The van der Waals surface area contributed by atoms with Gasteiger partial charge in [0.15, 0.2) is 0 Å². The highest BCUT2D eigenvalue weighted by Crippen LogP contribution is 2.20. The summed E-state index contributed by atoms with van der Waals surface area (Å²) in [5, 5.41) is 0.821. The number of rotatable bonds is 5. The summed E-state index contributed by atoms with van der Waals surface area (Å²) in [5.41, 5.74) is 0.522. The van der Waals surface area contributed by atoms with Crippen molar-refractivity contribution in [3.8, 4) is 0 Å². The van der Waals surface area contributed by atoms with Crippen LogP contribution in [0.1, 0.15) is 18.9 Å². The van der Waals surface area contributed by atoms with E-state index in [1.54, 1.807) is 18.2 Å². The van der Waals surface area contributed by atoms with Crippen molar-refractivity contribution in [3.05, 3.63) is 33.8 Å². The number of hydrogen-bond donors (Lipinski definition) is 0. The van der Waals surface area contributed by atoms with Gasteiger partial charge in [-0.1, -0.05) is 30.1 Å². The maximum Gasteiger partial charge on any atom is 0.271 e. The number of hydrogen-bond acceptors (Lipinski definition) is 3. The van der Waals surface area contributed by atoms with Crippen molar-refractivity contribution in [2.24, 2.45) is 0 Å². The Morgan fingerprint density at radius 2 is 1.75 bits per heavy atom. The molecule has 16 heavy (non-hydrogen) atoms. The fourth-order valence-corrected chi connectivity index (χ4v) is 2.80. The van der Waals surface area contributed by atoms with Gasteiger partial charge in [0.05, 0.1) is 6.61 Å². The quantitative estimate of drug-likeness (QED) is 0.779. The first kappa shape index (κ1) is 13.8. The largest absolute Gasteiger partial charge is 0.271 e. The minimum absolute atomic E-state index is 0.191. The van der Waals surface area contributed by atoms with Crippen LogP contribution in [0.5, 0.6) is 0 Å². The molecule has 0 aliphatic heterocycles. The Morgan fingerprint density at radius 1 is 1.19 bits per heavy atom. The third-order valence-corrected chi connectivity index (χ3v) is 3.38. The monoisotopic (exact) mass is 282 g/mol. The molecule has 0 aliphatic carbocycles. The van der Waals surface area contributed by atoms with E-state index in [1.807, 2.05) is 6.92 Å². The van der Waals surface area contributed by atoms with Gasteiger partial charge in [-0.3, -0.25) is 4.18 Å². The van der Waals surface area contributed by atoms with Crippen LogP contribution in [0.15, 0.2) is 18.2 Å². The van der Waals surface area contributed by atoms with Gasteiger partial charge in [-0.05, 0) is 30.2 Å². The van der Waals surface area contributed by atoms with Gasteiger partial charge < -0.3 is 0 Å². The van der Waals surface area contributed by atoms with Crippen molar-refractivity contribution < 1.29 is 12.6 Å². The van der Waals surface area contributed by atoms with Crippen molar-refractivity contribution in [1.82, 2.24) is 0 Å². The Kier molecular flexibility index (Phi) is 5.05. The Hall–Kier alpha value is -0.290. The van der Waals surface area contributed by atoms with E-state index in [-0.39, 0.29) is 12.4 Å². The summed E-state index contributed by atoms with van der Waals surface area (Å²) >= 11 is 11.5. The molecule has 1 rings (SSSR count). The fraction of sp³-hybridized carbons (Fsp3) is 0.400. The first-order valence-corrected chi connectivity index (χ1v) is 7.08. The zero-order valence-corrected chi connectivity index (χ0v) is 11.1. The van der Waals surface area contributed by atoms with Gasteiger partial charge in [-0.25, -0.2) is 0 Å². The second-order valence-electron chi connectivity index (χ2n) is 3.30. The molecule has 0 unspecified atom stereocenters. The van der Waals surface area contributed by atoms with E-state index in [9.17, 15) is 8.42 Å². The van der Waals surface area contributed by atoms with E-state index in [4.69, 9.17) is 27.4 Å². The lowest BCUT2D eigenvalue weighted by Crippen LogP contribution is -2.09. The lowest BCUT2D eigenvalue weighted by atomic mass is 10.2. The van der Waals surface area contributed by atoms with Gasteiger partial charge >= 0.3 is 0 Å². The van der Waals surface area contributed by atoms with Crippen molar-refractivity contribution in [3.63, 3.8) is 0 Å². The molecule has 6 heteroatoms. The lowest BCUT2D eigenvalue weighted by molar-refractivity contribution is 0.317. The summed E-state index contributed by atoms with van der Waals surface area (Å²) in [6, 6.07) is 4.66. The van der Waals surface area contributed by atoms with Crippen molar-refractivity contribution >= 4 is 33.3 Å². The van der Waals surface area contributed by atoms with Gasteiger partial charge in [0.25, 0.3) is 10.1 Å². The lowest BCUT2D eigenvalue weighted by Gasteiger charge is -2.05. The maximum atomic E-state index is 11.5. The van der Waals surface area contributed by atoms with Crippen molar-refractivity contribution in [2.75, 3.05) is 6.61 Å². The number of benzene rings is 1. The summed E-state index contributed by atoms with van der Waals surface area (Å²) in [6.07, 6.45) is 0.648. The average Bonchev–Trinajstić information content (AvgIpc) is 2.12. The molecule has 0 fully saturated rings. The van der Waals surface area contributed by atoms with Crippen molar-refractivity contribution in [1.29, 1.82) is 0 Å². The first-order valence-electron chi connectivity index (χ1n) is 4.75. The van der Waals surface area contributed by atoms with E-state index in [0.717, 1.165) is 0 Å². The summed E-state index contributed by atoms with van der Waals surface area (Å²) < 4.78 is 27.7. The molecule has 0 saturated carbocycles. The Balaban J connectivity index is 2.80. The molecule has 0 radical (unpaired) electrons. The van der Waals surface area contributed by atoms with Gasteiger partial charge in [-0.15, -0.1) is 0 Å². The smallest absolute Gasteiger partial charge is 0.270 e. The average molecular weight is 283 g/mol. The molecule has 0 spiro atoms. The van der Waals surface area contributed by atoms with Crippen LogP contribution in [0, 0.1) is 0 Å². The van der Waals surface area contributed by atoms with Crippen LogP contribution >= 0.6 is 23.2 Å². The number of halogens is 2. The molecular weight excluding hydrogens is 271 g/mol. The van der Waals surface area contributed by atoms with Crippen LogP contribution in [0.4, 0.5) is 0 Å². The second kappa shape index (κ2) is 5.87. The molecule has 0 heterocycles. The summed E-state index contributed by atoms with van der Waals surface area (Å²) in [4.78, 5) is 0. The van der Waals surface area contributed by atoms with Crippen LogP contribution < -0.4 is 0 Å².